The topological polar surface area (TPSA) is 119 Å². The summed E-state index contributed by atoms with van der Waals surface area (Å²) in [5.41, 5.74) is 2.94. The first kappa shape index (κ1) is 18.3. The minimum Gasteiger partial charge on any atom is -0.366 e. The highest BCUT2D eigenvalue weighted by Crippen LogP contribution is 2.36. The van der Waals surface area contributed by atoms with Gasteiger partial charge in [-0.3, -0.25) is 10.2 Å². The second kappa shape index (κ2) is 7.59. The molecule has 0 aliphatic carbocycles. The SMILES string of the molecule is N#CB1CCC(Nc2ccc(-c3cc(F)c(-c4cn[nH]c4)c4cn[nH]c34)nn2)CC1. The van der Waals surface area contributed by atoms with Crippen LogP contribution in [-0.2, 0) is 0 Å². The van der Waals surface area contributed by atoms with Crippen LogP contribution in [0.4, 0.5) is 10.2 Å². The zero-order valence-electron chi connectivity index (χ0n) is 16.1. The molecule has 1 aliphatic rings. The molecule has 8 nitrogen and oxygen atoms in total. The van der Waals surface area contributed by atoms with Crippen LogP contribution in [0.2, 0.25) is 12.6 Å². The van der Waals surface area contributed by atoms with E-state index in [0.29, 0.717) is 45.1 Å². The molecule has 0 saturated carbocycles. The molecule has 3 aromatic heterocycles. The summed E-state index contributed by atoms with van der Waals surface area (Å²) in [7, 11) is 0. The smallest absolute Gasteiger partial charge is 0.268 e. The zero-order valence-corrected chi connectivity index (χ0v) is 16.1. The maximum atomic E-state index is 15.0. The highest BCUT2D eigenvalue weighted by Gasteiger charge is 2.24. The van der Waals surface area contributed by atoms with Crippen LogP contribution in [0.5, 0.6) is 0 Å². The van der Waals surface area contributed by atoms with Crippen LogP contribution < -0.4 is 5.32 Å². The van der Waals surface area contributed by atoms with E-state index in [-0.39, 0.29) is 12.5 Å². The molecule has 30 heavy (non-hydrogen) atoms. The average Bonchev–Trinajstić information content (AvgIpc) is 3.47. The number of benzene rings is 1. The first-order chi connectivity index (χ1) is 14.7. The van der Waals surface area contributed by atoms with Gasteiger partial charge in [0.15, 0.2) is 0 Å². The molecule has 0 bridgehead atoms. The van der Waals surface area contributed by atoms with Gasteiger partial charge in [-0.1, -0.05) is 12.6 Å². The Labute approximate surface area is 172 Å². The normalized spacial score (nSPS) is 14.7. The molecular weight excluding hydrogens is 382 g/mol. The fourth-order valence-corrected chi connectivity index (χ4v) is 4.09. The predicted molar refractivity (Wildman–Crippen MR) is 112 cm³/mol. The van der Waals surface area contributed by atoms with Crippen LogP contribution in [0, 0.1) is 17.0 Å². The van der Waals surface area contributed by atoms with Gasteiger partial charge in [0.05, 0.1) is 23.6 Å². The van der Waals surface area contributed by atoms with Crippen molar-refractivity contribution in [1.82, 2.24) is 30.6 Å². The molecule has 0 amide bonds. The molecule has 10 heteroatoms. The molecule has 1 aromatic carbocycles. The number of aromatic amines is 2. The Balaban J connectivity index is 1.42. The number of nitriles is 1. The summed E-state index contributed by atoms with van der Waals surface area (Å²) in [6.45, 7) is 0.160. The van der Waals surface area contributed by atoms with Crippen molar-refractivity contribution in [3.8, 4) is 28.4 Å². The Morgan fingerprint density at radius 3 is 2.73 bits per heavy atom. The molecule has 4 aromatic rings. The summed E-state index contributed by atoms with van der Waals surface area (Å²) in [6.07, 6.45) is 8.52. The summed E-state index contributed by atoms with van der Waals surface area (Å²) in [6, 6.07) is 5.41. The van der Waals surface area contributed by atoms with E-state index in [9.17, 15) is 4.39 Å². The second-order valence-electron chi connectivity index (χ2n) is 7.55. The first-order valence-electron chi connectivity index (χ1n) is 9.88. The Kier molecular flexibility index (Phi) is 4.63. The minimum atomic E-state index is -0.376. The number of halogens is 1. The molecule has 3 N–H and O–H groups in total. The van der Waals surface area contributed by atoms with Crippen molar-refractivity contribution in [3.63, 3.8) is 0 Å². The third-order valence-corrected chi connectivity index (χ3v) is 5.68. The van der Waals surface area contributed by atoms with Gasteiger partial charge in [0.2, 0.25) is 0 Å². The van der Waals surface area contributed by atoms with Crippen LogP contribution in [0.25, 0.3) is 33.3 Å². The highest BCUT2D eigenvalue weighted by molar-refractivity contribution is 6.67. The molecule has 0 atom stereocenters. The van der Waals surface area contributed by atoms with E-state index in [2.05, 4.69) is 41.9 Å². The first-order valence-corrected chi connectivity index (χ1v) is 9.88. The lowest BCUT2D eigenvalue weighted by atomic mass is 9.42. The Hall–Kier alpha value is -3.74. The summed E-state index contributed by atoms with van der Waals surface area (Å²) in [4.78, 5) is 0. The maximum Gasteiger partial charge on any atom is 0.268 e. The molecule has 0 radical (unpaired) electrons. The molecule has 1 aliphatic heterocycles. The lowest BCUT2D eigenvalue weighted by molar-refractivity contribution is 0.633. The van der Waals surface area contributed by atoms with Crippen LogP contribution in [0.1, 0.15) is 12.8 Å². The van der Waals surface area contributed by atoms with Crippen molar-refractivity contribution in [2.75, 3.05) is 5.32 Å². The number of anilines is 1. The number of rotatable bonds is 4. The van der Waals surface area contributed by atoms with Crippen LogP contribution in [0.3, 0.4) is 0 Å². The number of hydrogen-bond donors (Lipinski definition) is 3. The van der Waals surface area contributed by atoms with E-state index in [4.69, 9.17) is 5.26 Å². The second-order valence-corrected chi connectivity index (χ2v) is 7.55. The molecular formula is C20H18BFN8. The van der Waals surface area contributed by atoms with E-state index < -0.39 is 0 Å². The number of hydrogen-bond acceptors (Lipinski definition) is 6. The van der Waals surface area contributed by atoms with Gasteiger partial charge in [0, 0.05) is 40.3 Å². The van der Waals surface area contributed by atoms with Gasteiger partial charge in [0.25, 0.3) is 6.71 Å². The summed E-state index contributed by atoms with van der Waals surface area (Å²) in [5.74, 6) is 2.64. The third-order valence-electron chi connectivity index (χ3n) is 5.68. The van der Waals surface area contributed by atoms with Crippen LogP contribution in [0.15, 0.2) is 36.8 Å². The van der Waals surface area contributed by atoms with Gasteiger partial charge in [-0.2, -0.15) is 10.2 Å². The number of aromatic nitrogens is 6. The molecule has 0 spiro atoms. The summed E-state index contributed by atoms with van der Waals surface area (Å²) >= 11 is 0. The van der Waals surface area contributed by atoms with E-state index in [1.807, 2.05) is 12.1 Å². The molecule has 0 unspecified atom stereocenters. The molecule has 1 saturated heterocycles. The van der Waals surface area contributed by atoms with Gasteiger partial charge in [-0.05, 0) is 31.0 Å². The van der Waals surface area contributed by atoms with Crippen molar-refractivity contribution in [2.24, 2.45) is 0 Å². The largest absolute Gasteiger partial charge is 0.366 e. The highest BCUT2D eigenvalue weighted by atomic mass is 19.1. The zero-order chi connectivity index (χ0) is 20.5. The van der Waals surface area contributed by atoms with Crippen molar-refractivity contribution in [3.05, 3.63) is 42.6 Å². The molecule has 148 valence electrons. The minimum absolute atomic E-state index is 0.160. The standard InChI is InChI=1S/C20H18BFN8/c22-16-7-14(20-15(10-26-30-20)19(16)12-8-24-25-9-12)17-1-2-18(29-28-17)27-13-3-5-21(11-23)6-4-13/h1-2,7-10,13H,3-6H2,(H,24,25)(H,26,30)(H,27,29). The van der Waals surface area contributed by atoms with Gasteiger partial charge in [-0.25, -0.2) is 9.65 Å². The monoisotopic (exact) mass is 400 g/mol. The van der Waals surface area contributed by atoms with E-state index >= 15 is 0 Å². The van der Waals surface area contributed by atoms with Crippen molar-refractivity contribution in [1.29, 1.82) is 5.26 Å². The van der Waals surface area contributed by atoms with Gasteiger partial charge in [0.1, 0.15) is 11.6 Å². The number of nitrogens with one attached hydrogen (secondary N) is 3. The third kappa shape index (κ3) is 3.28. The van der Waals surface area contributed by atoms with E-state index in [1.54, 1.807) is 18.6 Å². The number of nitrogens with zero attached hydrogens (tertiary/aromatic N) is 5. The number of H-pyrrole nitrogens is 2. The Morgan fingerprint density at radius 2 is 2.03 bits per heavy atom. The fraction of sp³-hybridized carbons (Fsp3) is 0.250. The predicted octanol–water partition coefficient (Wildman–Crippen LogP) is 3.68. The lowest BCUT2D eigenvalue weighted by Gasteiger charge is -2.24. The molecule has 1 fully saturated rings. The summed E-state index contributed by atoms with van der Waals surface area (Å²) in [5, 5.41) is 35.3. The van der Waals surface area contributed by atoms with Gasteiger partial charge in [-0.15, -0.1) is 10.2 Å². The van der Waals surface area contributed by atoms with E-state index in [1.165, 1.54) is 6.07 Å². The van der Waals surface area contributed by atoms with Crippen LogP contribution >= 0.6 is 0 Å². The van der Waals surface area contributed by atoms with Gasteiger partial charge >= 0.3 is 0 Å². The van der Waals surface area contributed by atoms with Gasteiger partial charge < -0.3 is 5.32 Å². The van der Waals surface area contributed by atoms with Crippen LogP contribution in [-0.4, -0.2) is 43.3 Å². The van der Waals surface area contributed by atoms with Crippen molar-refractivity contribution in [2.45, 2.75) is 31.5 Å². The number of fused-ring (bicyclic) bond motifs is 1. The Morgan fingerprint density at radius 1 is 1.17 bits per heavy atom. The van der Waals surface area contributed by atoms with Crippen molar-refractivity contribution < 1.29 is 4.39 Å². The Bertz CT molecular complexity index is 1200. The lowest BCUT2D eigenvalue weighted by Crippen LogP contribution is -2.29. The summed E-state index contributed by atoms with van der Waals surface area (Å²) < 4.78 is 15.0. The molecule has 5 rings (SSSR count). The van der Waals surface area contributed by atoms with Crippen molar-refractivity contribution >= 4 is 23.4 Å². The quantitative estimate of drug-likeness (QED) is 0.450. The average molecular weight is 400 g/mol. The van der Waals surface area contributed by atoms with E-state index in [0.717, 1.165) is 25.5 Å². The maximum absolute atomic E-state index is 15.0. The molecule has 4 heterocycles. The fourth-order valence-electron chi connectivity index (χ4n) is 4.09.